The number of nitrogens with two attached hydrogens (primary N) is 1. The van der Waals surface area contributed by atoms with Crippen molar-refractivity contribution < 1.29 is 0 Å². The van der Waals surface area contributed by atoms with E-state index in [-0.39, 0.29) is 5.56 Å². The van der Waals surface area contributed by atoms with Gasteiger partial charge in [0.15, 0.2) is 0 Å². The number of aromatic amines is 1. The van der Waals surface area contributed by atoms with Crippen LogP contribution in [0.25, 0.3) is 0 Å². The van der Waals surface area contributed by atoms with Crippen LogP contribution in [0, 0.1) is 0 Å². The summed E-state index contributed by atoms with van der Waals surface area (Å²) in [5.41, 5.74) is 5.39. The number of aromatic nitrogens is 2. The molecule has 1 saturated carbocycles. The van der Waals surface area contributed by atoms with Gasteiger partial charge in [-0.2, -0.15) is 0 Å². The molecule has 1 aromatic heterocycles. The predicted molar refractivity (Wildman–Crippen MR) is 68.2 cm³/mol. The lowest BCUT2D eigenvalue weighted by molar-refractivity contribution is 0.659. The molecular weight excluding hydrogens is 216 g/mol. The molecule has 4 N–H and O–H groups in total. The maximum absolute atomic E-state index is 11.5. The third-order valence-electron chi connectivity index (χ3n) is 2.96. The van der Waals surface area contributed by atoms with Crippen LogP contribution in [-0.2, 0) is 0 Å². The van der Waals surface area contributed by atoms with E-state index >= 15 is 0 Å². The Morgan fingerprint density at radius 3 is 3.06 bits per heavy atom. The molecule has 0 spiro atoms. The van der Waals surface area contributed by atoms with Crippen molar-refractivity contribution in [2.24, 2.45) is 5.73 Å². The molecule has 0 radical (unpaired) electrons. The molecule has 5 nitrogen and oxygen atoms in total. The Labute approximate surface area is 101 Å². The van der Waals surface area contributed by atoms with Crippen LogP contribution in [0.4, 0.5) is 5.82 Å². The first-order valence-electron chi connectivity index (χ1n) is 6.27. The first kappa shape index (κ1) is 12.1. The molecule has 1 heterocycles. The number of nitrogens with one attached hydrogen (secondary N) is 2. The zero-order chi connectivity index (χ0) is 12.3. The lowest BCUT2D eigenvalue weighted by Gasteiger charge is -2.14. The predicted octanol–water partition coefficient (Wildman–Crippen LogP) is 1.19. The first-order chi connectivity index (χ1) is 8.19. The van der Waals surface area contributed by atoms with Crippen LogP contribution < -0.4 is 16.6 Å². The van der Waals surface area contributed by atoms with Gasteiger partial charge in [-0.05, 0) is 39.2 Å². The summed E-state index contributed by atoms with van der Waals surface area (Å²) in [6, 6.07) is 1.81. The Bertz CT molecular complexity index is 425. The Kier molecular flexibility index (Phi) is 3.78. The Balaban J connectivity index is 2.02. The highest BCUT2D eigenvalue weighted by molar-refractivity contribution is 5.34. The van der Waals surface area contributed by atoms with Crippen molar-refractivity contribution in [3.63, 3.8) is 0 Å². The summed E-state index contributed by atoms with van der Waals surface area (Å²) in [5, 5.41) is 3.25. The van der Waals surface area contributed by atoms with Crippen molar-refractivity contribution in [1.82, 2.24) is 9.97 Å². The molecule has 17 heavy (non-hydrogen) atoms. The molecule has 1 unspecified atom stereocenters. The van der Waals surface area contributed by atoms with E-state index in [1.54, 1.807) is 0 Å². The van der Waals surface area contributed by atoms with Gasteiger partial charge in [-0.1, -0.05) is 0 Å². The lowest BCUT2D eigenvalue weighted by Crippen LogP contribution is -2.20. The van der Waals surface area contributed by atoms with Gasteiger partial charge in [0.2, 0.25) is 0 Å². The highest BCUT2D eigenvalue weighted by Crippen LogP contribution is 2.37. The van der Waals surface area contributed by atoms with E-state index < -0.39 is 0 Å². The Morgan fingerprint density at radius 1 is 1.65 bits per heavy atom. The van der Waals surface area contributed by atoms with Crippen molar-refractivity contribution >= 4 is 5.82 Å². The maximum atomic E-state index is 11.5. The molecule has 1 aliphatic rings. The fourth-order valence-corrected chi connectivity index (χ4v) is 1.85. The summed E-state index contributed by atoms with van der Waals surface area (Å²) in [6.45, 7) is 2.78. The van der Waals surface area contributed by atoms with Gasteiger partial charge in [0.1, 0.15) is 11.6 Å². The minimum absolute atomic E-state index is 0.0737. The van der Waals surface area contributed by atoms with Gasteiger partial charge < -0.3 is 16.0 Å². The van der Waals surface area contributed by atoms with Crippen LogP contribution in [-0.4, -0.2) is 22.6 Å². The average Bonchev–Trinajstić information content (AvgIpc) is 3.09. The van der Waals surface area contributed by atoms with Crippen LogP contribution in [0.3, 0.4) is 0 Å². The van der Waals surface area contributed by atoms with Crippen molar-refractivity contribution in [2.75, 3.05) is 11.9 Å². The number of H-pyrrole nitrogens is 1. The van der Waals surface area contributed by atoms with Crippen molar-refractivity contribution in [2.45, 2.75) is 44.6 Å². The van der Waals surface area contributed by atoms with Gasteiger partial charge >= 0.3 is 0 Å². The third kappa shape index (κ3) is 3.56. The number of rotatable bonds is 6. The van der Waals surface area contributed by atoms with Crippen LogP contribution >= 0.6 is 0 Å². The largest absolute Gasteiger partial charge is 0.367 e. The molecule has 0 aromatic carbocycles. The fourth-order valence-electron chi connectivity index (χ4n) is 1.85. The molecule has 0 amide bonds. The molecule has 1 fully saturated rings. The molecule has 94 valence electrons. The molecule has 0 saturated heterocycles. The highest BCUT2D eigenvalue weighted by atomic mass is 16.1. The van der Waals surface area contributed by atoms with E-state index in [0.29, 0.717) is 24.3 Å². The summed E-state index contributed by atoms with van der Waals surface area (Å²) in [7, 11) is 0. The standard InChI is InChI=1S/C12H20N4O/c1-8(3-2-6-13)14-10-7-11(17)16-12(15-10)9-4-5-9/h7-9H,2-6,13H2,1H3,(H2,14,15,16,17). The van der Waals surface area contributed by atoms with E-state index in [0.717, 1.165) is 31.5 Å². The second-order valence-electron chi connectivity index (χ2n) is 4.77. The van der Waals surface area contributed by atoms with Gasteiger partial charge in [0.25, 0.3) is 5.56 Å². The zero-order valence-corrected chi connectivity index (χ0v) is 10.2. The van der Waals surface area contributed by atoms with Gasteiger partial charge in [-0.15, -0.1) is 0 Å². The van der Waals surface area contributed by atoms with Gasteiger partial charge in [0, 0.05) is 18.0 Å². The van der Waals surface area contributed by atoms with E-state index in [2.05, 4.69) is 22.2 Å². The monoisotopic (exact) mass is 236 g/mol. The Morgan fingerprint density at radius 2 is 2.41 bits per heavy atom. The topological polar surface area (TPSA) is 83.8 Å². The van der Waals surface area contributed by atoms with Gasteiger partial charge in [-0.25, -0.2) is 4.98 Å². The maximum Gasteiger partial charge on any atom is 0.252 e. The number of nitrogens with zero attached hydrogens (tertiary/aromatic N) is 1. The summed E-state index contributed by atoms with van der Waals surface area (Å²) in [6.07, 6.45) is 4.24. The van der Waals surface area contributed by atoms with Crippen molar-refractivity contribution in [3.05, 3.63) is 22.2 Å². The van der Waals surface area contributed by atoms with Crippen LogP contribution in [0.15, 0.2) is 10.9 Å². The normalized spacial score (nSPS) is 16.8. The van der Waals surface area contributed by atoms with E-state index in [1.165, 1.54) is 6.07 Å². The summed E-state index contributed by atoms with van der Waals surface area (Å²) in [5.74, 6) is 1.97. The average molecular weight is 236 g/mol. The van der Waals surface area contributed by atoms with Crippen LogP contribution in [0.5, 0.6) is 0 Å². The first-order valence-corrected chi connectivity index (χ1v) is 6.27. The summed E-state index contributed by atoms with van der Waals surface area (Å²) >= 11 is 0. The smallest absolute Gasteiger partial charge is 0.252 e. The number of anilines is 1. The lowest BCUT2D eigenvalue weighted by atomic mass is 10.2. The Hall–Kier alpha value is -1.36. The highest BCUT2D eigenvalue weighted by Gasteiger charge is 2.26. The molecule has 1 aliphatic carbocycles. The molecular formula is C12H20N4O. The van der Waals surface area contributed by atoms with Crippen LogP contribution in [0.1, 0.15) is 44.3 Å². The molecule has 1 atom stereocenters. The van der Waals surface area contributed by atoms with E-state index in [4.69, 9.17) is 5.73 Å². The molecule has 1 aromatic rings. The second kappa shape index (κ2) is 5.31. The zero-order valence-electron chi connectivity index (χ0n) is 10.2. The van der Waals surface area contributed by atoms with E-state index in [1.807, 2.05) is 0 Å². The van der Waals surface area contributed by atoms with Crippen LogP contribution in [0.2, 0.25) is 0 Å². The quantitative estimate of drug-likeness (QED) is 0.692. The minimum atomic E-state index is -0.0737. The number of hydrogen-bond acceptors (Lipinski definition) is 4. The minimum Gasteiger partial charge on any atom is -0.367 e. The van der Waals surface area contributed by atoms with Crippen molar-refractivity contribution in [1.29, 1.82) is 0 Å². The molecule has 0 aliphatic heterocycles. The molecule has 0 bridgehead atoms. The fraction of sp³-hybridized carbons (Fsp3) is 0.667. The van der Waals surface area contributed by atoms with Gasteiger partial charge in [0.05, 0.1) is 0 Å². The summed E-state index contributed by atoms with van der Waals surface area (Å²) in [4.78, 5) is 18.7. The second-order valence-corrected chi connectivity index (χ2v) is 4.77. The van der Waals surface area contributed by atoms with E-state index in [9.17, 15) is 4.79 Å². The van der Waals surface area contributed by atoms with Gasteiger partial charge in [-0.3, -0.25) is 4.79 Å². The van der Waals surface area contributed by atoms with Crippen molar-refractivity contribution in [3.8, 4) is 0 Å². The molecule has 2 rings (SSSR count). The third-order valence-corrected chi connectivity index (χ3v) is 2.96. The molecule has 5 heteroatoms. The number of hydrogen-bond donors (Lipinski definition) is 3. The summed E-state index contributed by atoms with van der Waals surface area (Å²) < 4.78 is 0. The SMILES string of the molecule is CC(CCCN)Nc1cc(=O)[nH]c(C2CC2)n1.